The Morgan fingerprint density at radius 3 is 2.72 bits per heavy atom. The maximum atomic E-state index is 5.95. The molecule has 0 aliphatic heterocycles. The maximum absolute atomic E-state index is 5.95. The van der Waals surface area contributed by atoms with Crippen LogP contribution in [0.25, 0.3) is 0 Å². The number of thiophene rings is 1. The van der Waals surface area contributed by atoms with Crippen molar-refractivity contribution in [2.45, 2.75) is 19.6 Å². The first kappa shape index (κ1) is 14.1. The van der Waals surface area contributed by atoms with Gasteiger partial charge in [0.15, 0.2) is 0 Å². The van der Waals surface area contributed by atoms with Crippen molar-refractivity contribution in [2.24, 2.45) is 5.73 Å². The molecule has 0 aliphatic rings. The minimum Gasteiger partial charge on any atom is -0.488 e. The first-order valence-corrected chi connectivity index (χ1v) is 7.94. The van der Waals surface area contributed by atoms with Crippen molar-refractivity contribution in [3.63, 3.8) is 0 Å². The van der Waals surface area contributed by atoms with Crippen LogP contribution in [0.3, 0.4) is 0 Å². The number of benzene rings is 1. The zero-order valence-electron chi connectivity index (χ0n) is 9.82. The molecule has 0 saturated heterocycles. The van der Waals surface area contributed by atoms with Crippen LogP contribution in [0.2, 0.25) is 0 Å². The highest BCUT2D eigenvalue weighted by Gasteiger charge is 2.10. The van der Waals surface area contributed by atoms with E-state index >= 15 is 0 Å². The predicted molar refractivity (Wildman–Crippen MR) is 83.1 cm³/mol. The van der Waals surface area contributed by atoms with Crippen LogP contribution in [0.15, 0.2) is 38.6 Å². The van der Waals surface area contributed by atoms with Crippen molar-refractivity contribution in [2.75, 3.05) is 0 Å². The van der Waals surface area contributed by atoms with Gasteiger partial charge in [0.2, 0.25) is 0 Å². The SMILES string of the molecule is C[C@@H](N)c1cc(Br)ccc1OCc1sccc1Br. The number of nitrogens with two attached hydrogens (primary N) is 1. The molecule has 0 aliphatic carbocycles. The van der Waals surface area contributed by atoms with E-state index in [1.807, 2.05) is 36.6 Å². The average molecular weight is 391 g/mol. The Hall–Kier alpha value is -0.360. The van der Waals surface area contributed by atoms with Crippen LogP contribution in [0.1, 0.15) is 23.4 Å². The van der Waals surface area contributed by atoms with E-state index in [4.69, 9.17) is 10.5 Å². The van der Waals surface area contributed by atoms with Gasteiger partial charge >= 0.3 is 0 Å². The van der Waals surface area contributed by atoms with Gasteiger partial charge in [-0.15, -0.1) is 11.3 Å². The lowest BCUT2D eigenvalue weighted by molar-refractivity contribution is 0.304. The summed E-state index contributed by atoms with van der Waals surface area (Å²) in [6.45, 7) is 2.51. The Morgan fingerprint density at radius 1 is 1.33 bits per heavy atom. The fourth-order valence-electron chi connectivity index (χ4n) is 1.58. The molecule has 0 amide bonds. The third-order valence-electron chi connectivity index (χ3n) is 2.51. The van der Waals surface area contributed by atoms with E-state index in [9.17, 15) is 0 Å². The molecule has 0 fully saturated rings. The second-order valence-corrected chi connectivity index (χ2v) is 6.72. The van der Waals surface area contributed by atoms with Gasteiger partial charge in [-0.05, 0) is 52.5 Å². The minimum atomic E-state index is -0.0516. The third kappa shape index (κ3) is 3.35. The van der Waals surface area contributed by atoms with Gasteiger partial charge in [-0.3, -0.25) is 0 Å². The molecule has 0 radical (unpaired) electrons. The van der Waals surface area contributed by atoms with E-state index in [0.717, 1.165) is 20.3 Å². The summed E-state index contributed by atoms with van der Waals surface area (Å²) in [6, 6.07) is 7.89. The normalized spacial score (nSPS) is 12.4. The van der Waals surface area contributed by atoms with Crippen LogP contribution >= 0.6 is 43.2 Å². The van der Waals surface area contributed by atoms with Crippen molar-refractivity contribution in [1.82, 2.24) is 0 Å². The summed E-state index contributed by atoms with van der Waals surface area (Å²) < 4.78 is 7.96. The van der Waals surface area contributed by atoms with E-state index in [0.29, 0.717) is 6.61 Å². The molecule has 2 nitrogen and oxygen atoms in total. The number of hydrogen-bond acceptors (Lipinski definition) is 3. The summed E-state index contributed by atoms with van der Waals surface area (Å²) in [6.07, 6.45) is 0. The molecular formula is C13H13Br2NOS. The van der Waals surface area contributed by atoms with Gasteiger partial charge in [0.05, 0.1) is 4.88 Å². The van der Waals surface area contributed by atoms with Crippen LogP contribution in [-0.4, -0.2) is 0 Å². The first-order chi connectivity index (χ1) is 8.58. The Balaban J connectivity index is 2.16. The summed E-state index contributed by atoms with van der Waals surface area (Å²) in [4.78, 5) is 1.17. The molecule has 0 bridgehead atoms. The molecule has 1 aromatic heterocycles. The van der Waals surface area contributed by atoms with Gasteiger partial charge in [-0.2, -0.15) is 0 Å². The monoisotopic (exact) mass is 389 g/mol. The smallest absolute Gasteiger partial charge is 0.124 e. The standard InChI is InChI=1S/C13H13Br2NOS/c1-8(16)10-6-9(14)2-3-12(10)17-7-13-11(15)4-5-18-13/h2-6,8H,7,16H2,1H3/t8-/m1/s1. The topological polar surface area (TPSA) is 35.2 Å². The largest absolute Gasteiger partial charge is 0.488 e. The molecule has 2 N–H and O–H groups in total. The van der Waals surface area contributed by atoms with Crippen LogP contribution in [0.4, 0.5) is 0 Å². The number of halogens is 2. The molecule has 1 aromatic carbocycles. The molecule has 5 heteroatoms. The Morgan fingerprint density at radius 2 is 2.11 bits per heavy atom. The fraction of sp³-hybridized carbons (Fsp3) is 0.231. The van der Waals surface area contributed by atoms with Gasteiger partial charge in [-0.1, -0.05) is 15.9 Å². The highest BCUT2D eigenvalue weighted by molar-refractivity contribution is 9.10. The Kier molecular flexibility index (Phi) is 4.84. The molecule has 1 heterocycles. The van der Waals surface area contributed by atoms with Gasteiger partial charge < -0.3 is 10.5 Å². The van der Waals surface area contributed by atoms with Gasteiger partial charge in [-0.25, -0.2) is 0 Å². The minimum absolute atomic E-state index is 0.0516. The molecule has 96 valence electrons. The van der Waals surface area contributed by atoms with Crippen molar-refractivity contribution in [3.8, 4) is 5.75 Å². The lowest BCUT2D eigenvalue weighted by Crippen LogP contribution is -2.08. The fourth-order valence-corrected chi connectivity index (χ4v) is 3.33. The van der Waals surface area contributed by atoms with Gasteiger partial charge in [0.25, 0.3) is 0 Å². The van der Waals surface area contributed by atoms with Crippen molar-refractivity contribution in [3.05, 3.63) is 49.0 Å². The molecule has 0 saturated carbocycles. The maximum Gasteiger partial charge on any atom is 0.124 e. The molecule has 0 spiro atoms. The van der Waals surface area contributed by atoms with Crippen molar-refractivity contribution >= 4 is 43.2 Å². The first-order valence-electron chi connectivity index (χ1n) is 5.47. The van der Waals surface area contributed by atoms with Crippen molar-refractivity contribution < 1.29 is 4.74 Å². The zero-order chi connectivity index (χ0) is 13.1. The predicted octanol–water partition coefficient (Wildman–Crippen LogP) is 4.87. The number of ether oxygens (including phenoxy) is 1. The second kappa shape index (κ2) is 6.19. The van der Waals surface area contributed by atoms with Crippen LogP contribution in [0, 0.1) is 0 Å². The van der Waals surface area contributed by atoms with E-state index in [1.165, 1.54) is 4.88 Å². The lowest BCUT2D eigenvalue weighted by atomic mass is 10.1. The summed E-state index contributed by atoms with van der Waals surface area (Å²) >= 11 is 8.62. The Labute approximate surface area is 127 Å². The zero-order valence-corrected chi connectivity index (χ0v) is 13.8. The van der Waals surface area contributed by atoms with Crippen LogP contribution < -0.4 is 10.5 Å². The number of hydrogen-bond donors (Lipinski definition) is 1. The summed E-state index contributed by atoms with van der Waals surface area (Å²) in [5, 5.41) is 2.04. The lowest BCUT2D eigenvalue weighted by Gasteiger charge is -2.14. The van der Waals surface area contributed by atoms with Crippen LogP contribution in [0.5, 0.6) is 5.75 Å². The highest BCUT2D eigenvalue weighted by atomic mass is 79.9. The summed E-state index contributed by atoms with van der Waals surface area (Å²) in [5.41, 5.74) is 6.97. The quantitative estimate of drug-likeness (QED) is 0.807. The van der Waals surface area contributed by atoms with Gasteiger partial charge in [0.1, 0.15) is 12.4 Å². The van der Waals surface area contributed by atoms with E-state index in [-0.39, 0.29) is 6.04 Å². The summed E-state index contributed by atoms with van der Waals surface area (Å²) in [7, 11) is 0. The number of rotatable bonds is 4. The molecular weight excluding hydrogens is 378 g/mol. The second-order valence-electron chi connectivity index (χ2n) is 3.95. The summed E-state index contributed by atoms with van der Waals surface area (Å²) in [5.74, 6) is 0.841. The molecule has 18 heavy (non-hydrogen) atoms. The molecule has 0 unspecified atom stereocenters. The highest BCUT2D eigenvalue weighted by Crippen LogP contribution is 2.30. The third-order valence-corrected chi connectivity index (χ3v) is 4.91. The molecule has 2 aromatic rings. The van der Waals surface area contributed by atoms with E-state index in [2.05, 4.69) is 31.9 Å². The van der Waals surface area contributed by atoms with E-state index < -0.39 is 0 Å². The molecule has 2 rings (SSSR count). The van der Waals surface area contributed by atoms with Gasteiger partial charge in [0, 0.05) is 20.6 Å². The van der Waals surface area contributed by atoms with Crippen molar-refractivity contribution in [1.29, 1.82) is 0 Å². The van der Waals surface area contributed by atoms with Crippen LogP contribution in [-0.2, 0) is 6.61 Å². The molecule has 1 atom stereocenters. The Bertz CT molecular complexity index is 540. The average Bonchev–Trinajstić information content (AvgIpc) is 2.73. The van der Waals surface area contributed by atoms with E-state index in [1.54, 1.807) is 11.3 Å².